The molecule has 5 nitrogen and oxygen atoms in total. The molecule has 0 bridgehead atoms. The summed E-state index contributed by atoms with van der Waals surface area (Å²) in [6.45, 7) is 7.97. The van der Waals surface area contributed by atoms with Crippen LogP contribution >= 0.6 is 11.8 Å². The molecule has 2 aliphatic rings. The summed E-state index contributed by atoms with van der Waals surface area (Å²) in [5, 5.41) is 17.8. The molecule has 2 atom stereocenters. The maximum atomic E-state index is 4.30. The Morgan fingerprint density at radius 3 is 2.76 bits per heavy atom. The van der Waals surface area contributed by atoms with E-state index >= 15 is 0 Å². The molecule has 21 heavy (non-hydrogen) atoms. The third-order valence-electron chi connectivity index (χ3n) is 5.10. The van der Waals surface area contributed by atoms with Crippen molar-refractivity contribution in [1.82, 2.24) is 25.5 Å². The molecule has 0 saturated heterocycles. The molecule has 3 rings (SSSR count). The molecule has 0 aliphatic heterocycles. The van der Waals surface area contributed by atoms with Gasteiger partial charge in [-0.15, -0.1) is 5.10 Å². The third kappa shape index (κ3) is 3.11. The van der Waals surface area contributed by atoms with Gasteiger partial charge in [-0.1, -0.05) is 45.4 Å². The van der Waals surface area contributed by atoms with Gasteiger partial charge in [-0.05, 0) is 48.1 Å². The van der Waals surface area contributed by atoms with Crippen LogP contribution in [-0.4, -0.2) is 38.0 Å². The fourth-order valence-corrected chi connectivity index (χ4v) is 5.36. The van der Waals surface area contributed by atoms with Crippen LogP contribution in [0.25, 0.3) is 0 Å². The summed E-state index contributed by atoms with van der Waals surface area (Å²) in [7, 11) is 0. The van der Waals surface area contributed by atoms with E-state index in [1.165, 1.54) is 38.5 Å². The van der Waals surface area contributed by atoms with Crippen molar-refractivity contribution in [2.24, 2.45) is 5.41 Å². The van der Waals surface area contributed by atoms with E-state index in [1.54, 1.807) is 0 Å². The first-order chi connectivity index (χ1) is 10.1. The van der Waals surface area contributed by atoms with Gasteiger partial charge in [0.2, 0.25) is 5.16 Å². The van der Waals surface area contributed by atoms with Gasteiger partial charge in [0.25, 0.3) is 0 Å². The average molecular weight is 309 g/mol. The van der Waals surface area contributed by atoms with Crippen LogP contribution in [-0.2, 0) is 0 Å². The highest BCUT2D eigenvalue weighted by Gasteiger charge is 2.42. The lowest BCUT2D eigenvalue weighted by Crippen LogP contribution is -2.43. The molecule has 1 heterocycles. The molecule has 2 aliphatic carbocycles. The molecule has 1 N–H and O–H groups in total. The van der Waals surface area contributed by atoms with Crippen molar-refractivity contribution in [3.05, 3.63) is 0 Å². The zero-order chi connectivity index (χ0) is 14.9. The smallest absolute Gasteiger partial charge is 0.209 e. The lowest BCUT2D eigenvalue weighted by molar-refractivity contribution is 0.290. The van der Waals surface area contributed by atoms with Gasteiger partial charge in [-0.2, -0.15) is 0 Å². The van der Waals surface area contributed by atoms with Crippen molar-refractivity contribution in [1.29, 1.82) is 0 Å². The summed E-state index contributed by atoms with van der Waals surface area (Å²) in [4.78, 5) is 0. The number of rotatable bonds is 5. The maximum Gasteiger partial charge on any atom is 0.209 e. The predicted octanol–water partition coefficient (Wildman–Crippen LogP) is 3.05. The quantitative estimate of drug-likeness (QED) is 0.906. The molecule has 0 radical (unpaired) electrons. The number of hydrogen-bond donors (Lipinski definition) is 1. The average Bonchev–Trinajstić information content (AvgIpc) is 3.15. The SMILES string of the molecule is CCNC1C(Sc2nnnn2C2CCCC2)CCC1(C)C. The third-order valence-corrected chi connectivity index (χ3v) is 6.39. The minimum absolute atomic E-state index is 0.360. The van der Waals surface area contributed by atoms with Crippen molar-refractivity contribution in [3.8, 4) is 0 Å². The number of aromatic nitrogens is 4. The fourth-order valence-electron chi connectivity index (χ4n) is 3.87. The number of thioether (sulfide) groups is 1. The monoisotopic (exact) mass is 309 g/mol. The highest BCUT2D eigenvalue weighted by atomic mass is 32.2. The Kier molecular flexibility index (Phi) is 4.54. The molecule has 0 spiro atoms. The molecule has 6 heteroatoms. The Morgan fingerprint density at radius 1 is 1.29 bits per heavy atom. The van der Waals surface area contributed by atoms with E-state index in [0.717, 1.165) is 11.7 Å². The predicted molar refractivity (Wildman–Crippen MR) is 85.4 cm³/mol. The van der Waals surface area contributed by atoms with E-state index in [1.807, 2.05) is 11.8 Å². The summed E-state index contributed by atoms with van der Waals surface area (Å²) in [6.07, 6.45) is 7.59. The zero-order valence-corrected chi connectivity index (χ0v) is 14.2. The van der Waals surface area contributed by atoms with E-state index < -0.39 is 0 Å². The summed E-state index contributed by atoms with van der Waals surface area (Å²) >= 11 is 1.89. The number of nitrogens with zero attached hydrogens (tertiary/aromatic N) is 4. The first kappa shape index (κ1) is 15.3. The second-order valence-electron chi connectivity index (χ2n) is 7.06. The second-order valence-corrected chi connectivity index (χ2v) is 8.27. The number of nitrogens with one attached hydrogen (secondary N) is 1. The number of hydrogen-bond acceptors (Lipinski definition) is 5. The van der Waals surface area contributed by atoms with E-state index in [0.29, 0.717) is 22.7 Å². The topological polar surface area (TPSA) is 55.6 Å². The molecule has 2 saturated carbocycles. The van der Waals surface area contributed by atoms with Crippen molar-refractivity contribution < 1.29 is 0 Å². The Bertz CT molecular complexity index is 466. The minimum atomic E-state index is 0.360. The van der Waals surface area contributed by atoms with E-state index in [2.05, 4.69) is 46.3 Å². The highest BCUT2D eigenvalue weighted by Crippen LogP contribution is 2.45. The van der Waals surface area contributed by atoms with Crippen molar-refractivity contribution in [3.63, 3.8) is 0 Å². The van der Waals surface area contributed by atoms with Gasteiger partial charge >= 0.3 is 0 Å². The van der Waals surface area contributed by atoms with Crippen molar-refractivity contribution >= 4 is 11.8 Å². The molecule has 2 fully saturated rings. The van der Waals surface area contributed by atoms with Crippen LogP contribution in [0.1, 0.15) is 65.3 Å². The van der Waals surface area contributed by atoms with E-state index in [9.17, 15) is 0 Å². The Morgan fingerprint density at radius 2 is 2.05 bits per heavy atom. The van der Waals surface area contributed by atoms with Gasteiger partial charge in [-0.3, -0.25) is 0 Å². The first-order valence-corrected chi connectivity index (χ1v) is 9.17. The maximum absolute atomic E-state index is 4.30. The van der Waals surface area contributed by atoms with Gasteiger partial charge in [0, 0.05) is 11.3 Å². The number of tetrazole rings is 1. The van der Waals surface area contributed by atoms with Gasteiger partial charge in [0.15, 0.2) is 0 Å². The molecule has 1 aromatic rings. The Balaban J connectivity index is 1.73. The Hall–Kier alpha value is -0.620. The largest absolute Gasteiger partial charge is 0.313 e. The van der Waals surface area contributed by atoms with Crippen LogP contribution in [0.2, 0.25) is 0 Å². The molecule has 0 aromatic carbocycles. The van der Waals surface area contributed by atoms with E-state index in [4.69, 9.17) is 0 Å². The van der Waals surface area contributed by atoms with Crippen LogP contribution in [0.5, 0.6) is 0 Å². The lowest BCUT2D eigenvalue weighted by Gasteiger charge is -2.31. The fraction of sp³-hybridized carbons (Fsp3) is 0.933. The lowest BCUT2D eigenvalue weighted by atomic mass is 9.87. The summed E-state index contributed by atoms with van der Waals surface area (Å²) < 4.78 is 2.09. The van der Waals surface area contributed by atoms with Crippen LogP contribution < -0.4 is 5.32 Å². The molecule has 118 valence electrons. The van der Waals surface area contributed by atoms with Crippen LogP contribution in [0.15, 0.2) is 5.16 Å². The highest BCUT2D eigenvalue weighted by molar-refractivity contribution is 7.99. The molecule has 2 unspecified atom stereocenters. The zero-order valence-electron chi connectivity index (χ0n) is 13.4. The standard InChI is InChI=1S/C15H27N5S/c1-4-16-13-12(9-10-15(13,2)3)21-14-17-18-19-20(14)11-7-5-6-8-11/h11-13,16H,4-10H2,1-3H3. The van der Waals surface area contributed by atoms with Crippen LogP contribution in [0.3, 0.4) is 0 Å². The minimum Gasteiger partial charge on any atom is -0.313 e. The van der Waals surface area contributed by atoms with Crippen molar-refractivity contribution in [2.45, 2.75) is 81.8 Å². The molecular formula is C15H27N5S. The van der Waals surface area contributed by atoms with Crippen LogP contribution in [0, 0.1) is 5.41 Å². The van der Waals surface area contributed by atoms with Crippen LogP contribution in [0.4, 0.5) is 0 Å². The van der Waals surface area contributed by atoms with Crippen molar-refractivity contribution in [2.75, 3.05) is 6.54 Å². The normalized spacial score (nSPS) is 29.3. The summed E-state index contributed by atoms with van der Waals surface area (Å²) in [5.41, 5.74) is 0.360. The van der Waals surface area contributed by atoms with E-state index in [-0.39, 0.29) is 0 Å². The molecular weight excluding hydrogens is 282 g/mol. The Labute approximate surface area is 131 Å². The van der Waals surface area contributed by atoms with Gasteiger partial charge in [0.05, 0.1) is 6.04 Å². The summed E-state index contributed by atoms with van der Waals surface area (Å²) in [5.74, 6) is 0. The van der Waals surface area contributed by atoms with Gasteiger partial charge in [0.1, 0.15) is 0 Å². The summed E-state index contributed by atoms with van der Waals surface area (Å²) in [6, 6.07) is 1.07. The van der Waals surface area contributed by atoms with Gasteiger partial charge in [-0.25, -0.2) is 4.68 Å². The second kappa shape index (κ2) is 6.24. The van der Waals surface area contributed by atoms with Gasteiger partial charge < -0.3 is 5.32 Å². The molecule has 0 amide bonds. The molecule has 1 aromatic heterocycles. The first-order valence-electron chi connectivity index (χ1n) is 8.29.